The zero-order valence-corrected chi connectivity index (χ0v) is 13.6. The maximum atomic E-state index is 4.31. The molecule has 2 aliphatic rings. The maximum absolute atomic E-state index is 4.31. The van der Waals surface area contributed by atoms with Crippen molar-refractivity contribution >= 4 is 5.69 Å². The van der Waals surface area contributed by atoms with Crippen LogP contribution in [0.1, 0.15) is 37.7 Å². The number of aromatic nitrogens is 1. The van der Waals surface area contributed by atoms with E-state index in [4.69, 9.17) is 0 Å². The van der Waals surface area contributed by atoms with Crippen LogP contribution in [0.15, 0.2) is 18.5 Å². The standard InChI is InChI=1S/C17H28N4/c1-20(2)17(8-4-9-17)13-21(3)16-7-10-18-11-14(16)12-19-15-5-6-15/h7,10-11,15,19H,4-6,8-9,12-13H2,1-3H3. The van der Waals surface area contributed by atoms with Crippen LogP contribution in [0.3, 0.4) is 0 Å². The number of rotatable bonds is 7. The van der Waals surface area contributed by atoms with Crippen molar-refractivity contribution in [3.8, 4) is 0 Å². The van der Waals surface area contributed by atoms with Gasteiger partial charge in [0.25, 0.3) is 0 Å². The Bertz CT molecular complexity index is 477. The molecule has 0 saturated heterocycles. The first kappa shape index (κ1) is 14.8. The van der Waals surface area contributed by atoms with Crippen molar-refractivity contribution in [1.29, 1.82) is 0 Å². The average molecular weight is 288 g/mol. The van der Waals surface area contributed by atoms with Gasteiger partial charge in [0.2, 0.25) is 0 Å². The summed E-state index contributed by atoms with van der Waals surface area (Å²) in [7, 11) is 6.66. The van der Waals surface area contributed by atoms with Crippen molar-refractivity contribution in [3.63, 3.8) is 0 Å². The Morgan fingerprint density at radius 1 is 1.29 bits per heavy atom. The molecule has 0 aromatic carbocycles. The van der Waals surface area contributed by atoms with Crippen LogP contribution in [0, 0.1) is 0 Å². The summed E-state index contributed by atoms with van der Waals surface area (Å²) in [5.41, 5.74) is 3.01. The first-order valence-corrected chi connectivity index (χ1v) is 8.16. The van der Waals surface area contributed by atoms with Gasteiger partial charge in [-0.05, 0) is 52.3 Å². The number of nitrogens with zero attached hydrogens (tertiary/aromatic N) is 3. The van der Waals surface area contributed by atoms with E-state index in [1.165, 1.54) is 43.4 Å². The Morgan fingerprint density at radius 2 is 2.05 bits per heavy atom. The molecule has 21 heavy (non-hydrogen) atoms. The first-order valence-electron chi connectivity index (χ1n) is 8.16. The average Bonchev–Trinajstić information content (AvgIpc) is 3.24. The van der Waals surface area contributed by atoms with E-state index >= 15 is 0 Å². The lowest BCUT2D eigenvalue weighted by Crippen LogP contribution is -2.56. The summed E-state index contributed by atoms with van der Waals surface area (Å²) < 4.78 is 0. The van der Waals surface area contributed by atoms with Gasteiger partial charge in [-0.3, -0.25) is 4.98 Å². The van der Waals surface area contributed by atoms with Gasteiger partial charge in [-0.15, -0.1) is 0 Å². The number of likely N-dealkylation sites (N-methyl/N-ethyl adjacent to an activating group) is 2. The van der Waals surface area contributed by atoms with E-state index in [1.54, 1.807) is 0 Å². The summed E-state index contributed by atoms with van der Waals surface area (Å²) in [5.74, 6) is 0. The zero-order valence-electron chi connectivity index (χ0n) is 13.6. The highest BCUT2D eigenvalue weighted by Crippen LogP contribution is 2.37. The Kier molecular flexibility index (Phi) is 4.18. The van der Waals surface area contributed by atoms with Crippen LogP contribution in [-0.4, -0.2) is 49.2 Å². The normalized spacial score (nSPS) is 20.4. The van der Waals surface area contributed by atoms with Gasteiger partial charge in [0, 0.05) is 55.4 Å². The second-order valence-corrected chi connectivity index (χ2v) is 6.99. The minimum Gasteiger partial charge on any atom is -0.372 e. The van der Waals surface area contributed by atoms with Crippen molar-refractivity contribution in [2.75, 3.05) is 32.6 Å². The van der Waals surface area contributed by atoms with E-state index in [-0.39, 0.29) is 0 Å². The van der Waals surface area contributed by atoms with Crippen molar-refractivity contribution in [1.82, 2.24) is 15.2 Å². The van der Waals surface area contributed by atoms with E-state index < -0.39 is 0 Å². The minimum atomic E-state index is 0.360. The highest BCUT2D eigenvalue weighted by Gasteiger charge is 2.40. The monoisotopic (exact) mass is 288 g/mol. The van der Waals surface area contributed by atoms with E-state index in [2.05, 4.69) is 47.3 Å². The Labute approximate surface area is 128 Å². The van der Waals surface area contributed by atoms with Gasteiger partial charge in [-0.2, -0.15) is 0 Å². The van der Waals surface area contributed by atoms with Crippen LogP contribution in [0.25, 0.3) is 0 Å². The van der Waals surface area contributed by atoms with Gasteiger partial charge in [-0.1, -0.05) is 0 Å². The molecule has 0 aliphatic heterocycles. The maximum Gasteiger partial charge on any atom is 0.0440 e. The van der Waals surface area contributed by atoms with Gasteiger partial charge < -0.3 is 15.1 Å². The summed E-state index contributed by atoms with van der Waals surface area (Å²) in [6.45, 7) is 2.04. The molecule has 4 nitrogen and oxygen atoms in total. The van der Waals surface area contributed by atoms with Gasteiger partial charge in [-0.25, -0.2) is 0 Å². The van der Waals surface area contributed by atoms with E-state index in [9.17, 15) is 0 Å². The van der Waals surface area contributed by atoms with Gasteiger partial charge in [0.1, 0.15) is 0 Å². The Hall–Kier alpha value is -1.13. The predicted octanol–water partition coefficient (Wildman–Crippen LogP) is 2.25. The molecule has 2 aliphatic carbocycles. The Balaban J connectivity index is 1.69. The molecule has 116 valence electrons. The van der Waals surface area contributed by atoms with Crippen molar-refractivity contribution < 1.29 is 0 Å². The van der Waals surface area contributed by atoms with E-state index in [1.807, 2.05) is 12.4 Å². The van der Waals surface area contributed by atoms with Crippen LogP contribution in [0.5, 0.6) is 0 Å². The van der Waals surface area contributed by atoms with Crippen molar-refractivity contribution in [2.45, 2.75) is 50.2 Å². The lowest BCUT2D eigenvalue weighted by Gasteiger charge is -2.49. The summed E-state index contributed by atoms with van der Waals surface area (Å²) in [6, 6.07) is 2.90. The summed E-state index contributed by atoms with van der Waals surface area (Å²) >= 11 is 0. The Morgan fingerprint density at radius 3 is 2.62 bits per heavy atom. The highest BCUT2D eigenvalue weighted by atomic mass is 15.2. The smallest absolute Gasteiger partial charge is 0.0440 e. The fourth-order valence-corrected chi connectivity index (χ4v) is 3.33. The quantitative estimate of drug-likeness (QED) is 0.834. The molecule has 2 fully saturated rings. The molecule has 4 heteroatoms. The van der Waals surface area contributed by atoms with Crippen LogP contribution in [0.2, 0.25) is 0 Å². The molecule has 1 heterocycles. The van der Waals surface area contributed by atoms with Crippen LogP contribution < -0.4 is 10.2 Å². The summed E-state index contributed by atoms with van der Waals surface area (Å²) in [5, 5.41) is 3.60. The predicted molar refractivity (Wildman–Crippen MR) is 87.6 cm³/mol. The molecule has 1 aromatic heterocycles. The number of pyridine rings is 1. The fraction of sp³-hybridized carbons (Fsp3) is 0.706. The van der Waals surface area contributed by atoms with Crippen molar-refractivity contribution in [3.05, 3.63) is 24.0 Å². The third-order valence-corrected chi connectivity index (χ3v) is 5.21. The van der Waals surface area contributed by atoms with Crippen LogP contribution >= 0.6 is 0 Å². The third kappa shape index (κ3) is 3.22. The number of hydrogen-bond acceptors (Lipinski definition) is 4. The molecule has 0 radical (unpaired) electrons. The molecular formula is C17H28N4. The molecule has 1 aromatic rings. The molecule has 2 saturated carbocycles. The first-order chi connectivity index (χ1) is 10.1. The summed E-state index contributed by atoms with van der Waals surface area (Å²) in [6.07, 6.45) is 10.6. The topological polar surface area (TPSA) is 31.4 Å². The number of hydrogen-bond donors (Lipinski definition) is 1. The fourth-order valence-electron chi connectivity index (χ4n) is 3.33. The molecule has 1 N–H and O–H groups in total. The van der Waals surface area contributed by atoms with Gasteiger partial charge in [0.05, 0.1) is 0 Å². The van der Waals surface area contributed by atoms with E-state index in [0.29, 0.717) is 5.54 Å². The van der Waals surface area contributed by atoms with Crippen LogP contribution in [0.4, 0.5) is 5.69 Å². The number of nitrogens with one attached hydrogen (secondary N) is 1. The van der Waals surface area contributed by atoms with Crippen LogP contribution in [-0.2, 0) is 6.54 Å². The zero-order chi connectivity index (χ0) is 14.9. The molecule has 0 bridgehead atoms. The second-order valence-electron chi connectivity index (χ2n) is 6.99. The highest BCUT2D eigenvalue weighted by molar-refractivity contribution is 5.52. The lowest BCUT2D eigenvalue weighted by molar-refractivity contribution is 0.0683. The largest absolute Gasteiger partial charge is 0.372 e. The molecule has 0 unspecified atom stereocenters. The van der Waals surface area contributed by atoms with Gasteiger partial charge >= 0.3 is 0 Å². The molecular weight excluding hydrogens is 260 g/mol. The third-order valence-electron chi connectivity index (χ3n) is 5.21. The lowest BCUT2D eigenvalue weighted by atomic mass is 9.75. The molecule has 0 amide bonds. The molecule has 0 spiro atoms. The molecule has 3 rings (SSSR count). The van der Waals surface area contributed by atoms with Gasteiger partial charge in [0.15, 0.2) is 0 Å². The van der Waals surface area contributed by atoms with Crippen molar-refractivity contribution in [2.24, 2.45) is 0 Å². The van der Waals surface area contributed by atoms with E-state index in [0.717, 1.165) is 19.1 Å². The SMILES string of the molecule is CN(CC1(N(C)C)CCC1)c1ccncc1CNC1CC1. The molecule has 0 atom stereocenters. The number of anilines is 1. The minimum absolute atomic E-state index is 0.360. The summed E-state index contributed by atoms with van der Waals surface area (Å²) in [4.78, 5) is 9.15. The second kappa shape index (κ2) is 5.93.